The number of nitrogens with one attached hydrogen (secondary N) is 2. The van der Waals surface area contributed by atoms with E-state index in [1.54, 1.807) is 0 Å². The Hall–Kier alpha value is -1.14. The van der Waals surface area contributed by atoms with Crippen molar-refractivity contribution in [1.82, 2.24) is 19.1 Å². The first-order chi connectivity index (χ1) is 16.2. The van der Waals surface area contributed by atoms with Crippen LogP contribution in [0.2, 0.25) is 0 Å². The summed E-state index contributed by atoms with van der Waals surface area (Å²) in [5.41, 5.74) is -2.31. The molecule has 6 atom stereocenters. The van der Waals surface area contributed by atoms with Crippen LogP contribution in [0.25, 0.3) is 0 Å². The number of halogens is 2. The molecule has 2 aromatic heterocycles. The van der Waals surface area contributed by atoms with Crippen molar-refractivity contribution in [2.75, 3.05) is 13.2 Å². The second kappa shape index (κ2) is 10.9. The Morgan fingerprint density at radius 3 is 1.56 bits per heavy atom. The van der Waals surface area contributed by atoms with Gasteiger partial charge in [0.2, 0.25) is 0 Å². The molecule has 0 bridgehead atoms. The minimum absolute atomic E-state index is 0.186. The van der Waals surface area contributed by atoms with Gasteiger partial charge in [0.1, 0.15) is 12.5 Å². The minimum atomic E-state index is -0.672. The zero-order valence-corrected chi connectivity index (χ0v) is 22.1. The SMILES string of the molecule is O=c1[nH]c(=O)n([C@H]2C[C@@H](SS[C@@H]3C[C@H](n4cc(Br)c(=O)[nH]c4=O)O[C@@H]3CO)[C@@H](CO)O2)cc1Br. The van der Waals surface area contributed by atoms with Gasteiger partial charge in [-0.1, -0.05) is 21.6 Å². The average Bonchev–Trinajstić information content (AvgIpc) is 3.40. The van der Waals surface area contributed by atoms with Crippen LogP contribution in [0.1, 0.15) is 25.3 Å². The van der Waals surface area contributed by atoms with Gasteiger partial charge in [0.15, 0.2) is 0 Å². The van der Waals surface area contributed by atoms with E-state index < -0.39 is 47.2 Å². The molecule has 2 aliphatic heterocycles. The lowest BCUT2D eigenvalue weighted by atomic mass is 10.2. The molecule has 34 heavy (non-hydrogen) atoms. The summed E-state index contributed by atoms with van der Waals surface area (Å²) in [5, 5.41) is 19.2. The summed E-state index contributed by atoms with van der Waals surface area (Å²) < 4.78 is 14.6. The summed E-state index contributed by atoms with van der Waals surface area (Å²) in [5.74, 6) is 0. The molecule has 16 heteroatoms. The van der Waals surface area contributed by atoms with E-state index in [0.29, 0.717) is 12.8 Å². The third kappa shape index (κ3) is 5.33. The van der Waals surface area contributed by atoms with Gasteiger partial charge >= 0.3 is 11.4 Å². The Morgan fingerprint density at radius 2 is 1.21 bits per heavy atom. The van der Waals surface area contributed by atoms with Gasteiger partial charge in [-0.15, -0.1) is 0 Å². The van der Waals surface area contributed by atoms with Crippen molar-refractivity contribution in [1.29, 1.82) is 0 Å². The molecule has 0 aromatic carbocycles. The summed E-state index contributed by atoms with van der Waals surface area (Å²) >= 11 is 6.20. The minimum Gasteiger partial charge on any atom is -0.394 e. The van der Waals surface area contributed by atoms with E-state index in [9.17, 15) is 29.4 Å². The molecule has 2 saturated heterocycles. The van der Waals surface area contributed by atoms with Crippen molar-refractivity contribution in [3.05, 3.63) is 63.0 Å². The number of ether oxygens (including phenoxy) is 2. The number of aromatic nitrogens is 4. The van der Waals surface area contributed by atoms with Gasteiger partial charge < -0.3 is 19.7 Å². The van der Waals surface area contributed by atoms with Crippen LogP contribution in [0.15, 0.2) is 40.5 Å². The van der Waals surface area contributed by atoms with E-state index >= 15 is 0 Å². The summed E-state index contributed by atoms with van der Waals surface area (Å²) in [6, 6.07) is 0. The number of hydrogen-bond acceptors (Lipinski definition) is 10. The van der Waals surface area contributed by atoms with Crippen molar-refractivity contribution in [2.24, 2.45) is 0 Å². The van der Waals surface area contributed by atoms with Crippen molar-refractivity contribution < 1.29 is 19.7 Å². The predicted molar refractivity (Wildman–Crippen MR) is 132 cm³/mol. The van der Waals surface area contributed by atoms with E-state index in [1.807, 2.05) is 0 Å². The van der Waals surface area contributed by atoms with Crippen LogP contribution in [-0.2, 0) is 9.47 Å². The first kappa shape index (κ1) is 25.9. The lowest BCUT2D eigenvalue weighted by molar-refractivity contribution is -0.0240. The largest absolute Gasteiger partial charge is 0.394 e. The van der Waals surface area contributed by atoms with Crippen molar-refractivity contribution in [3.63, 3.8) is 0 Å². The summed E-state index contributed by atoms with van der Waals surface area (Å²) in [6.07, 6.45) is 1.06. The topological polar surface area (TPSA) is 169 Å². The van der Waals surface area contributed by atoms with Gasteiger partial charge in [0, 0.05) is 35.7 Å². The molecule has 0 saturated carbocycles. The number of H-pyrrole nitrogens is 2. The van der Waals surface area contributed by atoms with E-state index in [2.05, 4.69) is 41.8 Å². The maximum absolute atomic E-state index is 12.2. The zero-order chi connectivity index (χ0) is 24.6. The lowest BCUT2D eigenvalue weighted by Gasteiger charge is -2.19. The van der Waals surface area contributed by atoms with Crippen molar-refractivity contribution in [3.8, 4) is 0 Å². The first-order valence-corrected chi connectivity index (χ1v) is 13.9. The molecule has 2 fully saturated rings. The van der Waals surface area contributed by atoms with Crippen molar-refractivity contribution in [2.45, 2.75) is 48.0 Å². The Labute approximate surface area is 215 Å². The van der Waals surface area contributed by atoms with Gasteiger partial charge in [-0.25, -0.2) is 9.59 Å². The number of aromatic amines is 2. The van der Waals surface area contributed by atoms with Crippen LogP contribution in [-0.4, -0.2) is 65.2 Å². The number of nitrogens with zero attached hydrogens (tertiary/aromatic N) is 2. The summed E-state index contributed by atoms with van der Waals surface area (Å²) in [4.78, 5) is 52.0. The molecule has 0 spiro atoms. The zero-order valence-electron chi connectivity index (χ0n) is 17.3. The van der Waals surface area contributed by atoms with Gasteiger partial charge in [-0.2, -0.15) is 0 Å². The highest BCUT2D eigenvalue weighted by atomic mass is 79.9. The molecule has 2 aromatic rings. The normalized spacial score (nSPS) is 29.1. The Balaban J connectivity index is 1.45. The number of aliphatic hydroxyl groups excluding tert-OH is 2. The van der Waals surface area contributed by atoms with E-state index in [0.717, 1.165) is 0 Å². The highest BCUT2D eigenvalue weighted by Gasteiger charge is 2.41. The molecule has 4 N–H and O–H groups in total. The molecule has 2 aliphatic rings. The van der Waals surface area contributed by atoms with E-state index in [-0.39, 0.29) is 32.7 Å². The fourth-order valence-corrected chi connectivity index (χ4v) is 7.80. The fourth-order valence-electron chi connectivity index (χ4n) is 3.76. The molecule has 0 radical (unpaired) electrons. The lowest BCUT2D eigenvalue weighted by Crippen LogP contribution is -2.32. The van der Waals surface area contributed by atoms with E-state index in [1.165, 1.54) is 43.1 Å². The molecule has 0 aliphatic carbocycles. The molecular weight excluding hydrogens is 624 g/mol. The second-order valence-corrected chi connectivity index (χ2v) is 12.1. The third-order valence-corrected chi connectivity index (χ3v) is 10.0. The van der Waals surface area contributed by atoms with Gasteiger partial charge in [-0.05, 0) is 31.9 Å². The highest BCUT2D eigenvalue weighted by molar-refractivity contribution is 9.10. The molecular formula is C18H20Br2N4O8S2. The fraction of sp³-hybridized carbons (Fsp3) is 0.556. The van der Waals surface area contributed by atoms with Gasteiger partial charge in [0.05, 0.1) is 34.4 Å². The Bertz CT molecular complexity index is 1180. The molecule has 4 rings (SSSR count). The van der Waals surface area contributed by atoms with Crippen LogP contribution < -0.4 is 22.5 Å². The quantitative estimate of drug-likeness (QED) is 0.308. The third-order valence-electron chi connectivity index (χ3n) is 5.49. The van der Waals surface area contributed by atoms with Gasteiger partial charge in [-0.3, -0.25) is 28.7 Å². The maximum atomic E-state index is 12.2. The number of hydrogen-bond donors (Lipinski definition) is 4. The smallest absolute Gasteiger partial charge is 0.330 e. The Morgan fingerprint density at radius 1 is 0.824 bits per heavy atom. The maximum Gasteiger partial charge on any atom is 0.330 e. The van der Waals surface area contributed by atoms with Crippen LogP contribution in [0, 0.1) is 0 Å². The predicted octanol–water partition coefficient (Wildman–Crippen LogP) is 0.290. The molecule has 0 amide bonds. The standard InChI is InChI=1S/C18H20Br2N4O8S2/c19-7-3-23(17(29)21-15(7)27)13-1-11(9(5-25)31-13)33-34-12-2-14(32-10(12)6-26)24-4-8(20)16(28)22-18(24)30/h3-4,9-14,25-26H,1-2,5-6H2,(H,21,27,29)(H,22,28,30)/t9-,10-,11-,12-,13-,14-/m1/s1. The number of aliphatic hydroxyl groups is 2. The molecule has 0 unspecified atom stereocenters. The highest BCUT2D eigenvalue weighted by Crippen LogP contribution is 2.47. The monoisotopic (exact) mass is 642 g/mol. The van der Waals surface area contributed by atoms with Crippen LogP contribution >= 0.6 is 53.4 Å². The van der Waals surface area contributed by atoms with Gasteiger partial charge in [0.25, 0.3) is 11.1 Å². The van der Waals surface area contributed by atoms with Crippen LogP contribution in [0.4, 0.5) is 0 Å². The first-order valence-electron chi connectivity index (χ1n) is 10.1. The van der Waals surface area contributed by atoms with Crippen LogP contribution in [0.5, 0.6) is 0 Å². The van der Waals surface area contributed by atoms with E-state index in [4.69, 9.17) is 9.47 Å². The summed E-state index contributed by atoms with van der Waals surface area (Å²) in [6.45, 7) is -0.524. The summed E-state index contributed by atoms with van der Waals surface area (Å²) in [7, 11) is 2.88. The molecule has 12 nitrogen and oxygen atoms in total. The van der Waals surface area contributed by atoms with Crippen molar-refractivity contribution >= 4 is 53.4 Å². The molecule has 186 valence electrons. The Kier molecular flexibility index (Phi) is 8.28. The van der Waals surface area contributed by atoms with Crippen LogP contribution in [0.3, 0.4) is 0 Å². The number of rotatable bonds is 7. The average molecular weight is 644 g/mol. The molecule has 4 heterocycles. The second-order valence-electron chi connectivity index (χ2n) is 7.65.